The standard InChI is InChI=1S/C16H18N2O2/c1-20-15-9-13(11-17)7-8-14(15)18-16(19)10-12-5-3-2-4-6-12/h2-9H,10-11,17H2,1H3,(H,18,19). The Morgan fingerprint density at radius 2 is 1.90 bits per heavy atom. The highest BCUT2D eigenvalue weighted by Gasteiger charge is 2.08. The number of ether oxygens (including phenoxy) is 1. The largest absolute Gasteiger partial charge is 0.495 e. The third-order valence-electron chi connectivity index (χ3n) is 2.98. The van der Waals surface area contributed by atoms with Gasteiger partial charge in [-0.2, -0.15) is 0 Å². The van der Waals surface area contributed by atoms with Gasteiger partial charge in [0.2, 0.25) is 5.91 Å². The molecule has 0 fully saturated rings. The van der Waals surface area contributed by atoms with Crippen LogP contribution in [0.15, 0.2) is 48.5 Å². The molecule has 1 amide bonds. The quantitative estimate of drug-likeness (QED) is 0.876. The molecular weight excluding hydrogens is 252 g/mol. The fourth-order valence-electron chi connectivity index (χ4n) is 1.94. The molecule has 2 aromatic carbocycles. The summed E-state index contributed by atoms with van der Waals surface area (Å²) < 4.78 is 5.27. The van der Waals surface area contributed by atoms with E-state index in [2.05, 4.69) is 5.32 Å². The van der Waals surface area contributed by atoms with Crippen molar-refractivity contribution in [3.63, 3.8) is 0 Å². The molecule has 3 N–H and O–H groups in total. The fourth-order valence-corrected chi connectivity index (χ4v) is 1.94. The zero-order chi connectivity index (χ0) is 14.4. The molecule has 0 atom stereocenters. The van der Waals surface area contributed by atoms with Crippen LogP contribution in [0.3, 0.4) is 0 Å². The van der Waals surface area contributed by atoms with Gasteiger partial charge in [0.05, 0.1) is 19.2 Å². The van der Waals surface area contributed by atoms with E-state index in [0.29, 0.717) is 24.4 Å². The number of carbonyl (C=O) groups excluding carboxylic acids is 1. The third-order valence-corrected chi connectivity index (χ3v) is 2.98. The van der Waals surface area contributed by atoms with Gasteiger partial charge in [-0.3, -0.25) is 4.79 Å². The lowest BCUT2D eigenvalue weighted by molar-refractivity contribution is -0.115. The van der Waals surface area contributed by atoms with E-state index in [1.807, 2.05) is 48.5 Å². The summed E-state index contributed by atoms with van der Waals surface area (Å²) in [6.45, 7) is 0.439. The minimum atomic E-state index is -0.0741. The van der Waals surface area contributed by atoms with E-state index in [-0.39, 0.29) is 5.91 Å². The maximum absolute atomic E-state index is 12.0. The number of methoxy groups -OCH3 is 1. The number of amides is 1. The van der Waals surface area contributed by atoms with Crippen molar-refractivity contribution in [1.29, 1.82) is 0 Å². The van der Waals surface area contributed by atoms with E-state index in [9.17, 15) is 4.79 Å². The first-order chi connectivity index (χ1) is 9.72. The van der Waals surface area contributed by atoms with Gasteiger partial charge in [0.1, 0.15) is 5.75 Å². The molecule has 0 saturated heterocycles. The van der Waals surface area contributed by atoms with Crippen LogP contribution in [0.4, 0.5) is 5.69 Å². The summed E-state index contributed by atoms with van der Waals surface area (Å²) in [5.41, 5.74) is 8.18. The highest BCUT2D eigenvalue weighted by Crippen LogP contribution is 2.25. The predicted octanol–water partition coefficient (Wildman–Crippen LogP) is 2.34. The molecule has 0 aliphatic rings. The second kappa shape index (κ2) is 6.73. The van der Waals surface area contributed by atoms with Crippen LogP contribution < -0.4 is 15.8 Å². The lowest BCUT2D eigenvalue weighted by atomic mass is 10.1. The van der Waals surface area contributed by atoms with Crippen LogP contribution in [0.2, 0.25) is 0 Å². The molecule has 0 bridgehead atoms. The molecule has 2 rings (SSSR count). The number of carbonyl (C=O) groups is 1. The predicted molar refractivity (Wildman–Crippen MR) is 79.7 cm³/mol. The summed E-state index contributed by atoms with van der Waals surface area (Å²) in [4.78, 5) is 12.0. The summed E-state index contributed by atoms with van der Waals surface area (Å²) in [6.07, 6.45) is 0.336. The zero-order valence-corrected chi connectivity index (χ0v) is 11.4. The van der Waals surface area contributed by atoms with Gasteiger partial charge in [0, 0.05) is 6.54 Å². The molecule has 4 heteroatoms. The number of rotatable bonds is 5. The van der Waals surface area contributed by atoms with Gasteiger partial charge in [-0.1, -0.05) is 36.4 Å². The van der Waals surface area contributed by atoms with Crippen LogP contribution in [-0.2, 0) is 17.8 Å². The van der Waals surface area contributed by atoms with Gasteiger partial charge in [-0.05, 0) is 23.3 Å². The smallest absolute Gasteiger partial charge is 0.228 e. The Hall–Kier alpha value is -2.33. The molecule has 0 aliphatic carbocycles. The van der Waals surface area contributed by atoms with Crippen molar-refractivity contribution in [3.8, 4) is 5.75 Å². The molecule has 0 spiro atoms. The number of anilines is 1. The molecule has 2 aromatic rings. The summed E-state index contributed by atoms with van der Waals surface area (Å²) in [5, 5.41) is 2.86. The molecule has 0 saturated carbocycles. The van der Waals surface area contributed by atoms with Crippen molar-refractivity contribution >= 4 is 11.6 Å². The summed E-state index contributed by atoms with van der Waals surface area (Å²) in [6, 6.07) is 15.1. The lowest BCUT2D eigenvalue weighted by Gasteiger charge is -2.11. The minimum absolute atomic E-state index is 0.0741. The summed E-state index contributed by atoms with van der Waals surface area (Å²) >= 11 is 0. The van der Waals surface area contributed by atoms with Crippen molar-refractivity contribution in [2.45, 2.75) is 13.0 Å². The van der Waals surface area contributed by atoms with E-state index in [0.717, 1.165) is 11.1 Å². The first-order valence-electron chi connectivity index (χ1n) is 6.43. The highest BCUT2D eigenvalue weighted by atomic mass is 16.5. The SMILES string of the molecule is COc1cc(CN)ccc1NC(=O)Cc1ccccc1. The molecule has 0 aliphatic heterocycles. The minimum Gasteiger partial charge on any atom is -0.495 e. The van der Waals surface area contributed by atoms with Crippen LogP contribution in [0.5, 0.6) is 5.75 Å². The second-order valence-electron chi connectivity index (χ2n) is 4.45. The van der Waals surface area contributed by atoms with Gasteiger partial charge in [-0.15, -0.1) is 0 Å². The Kier molecular flexibility index (Phi) is 4.74. The molecule has 4 nitrogen and oxygen atoms in total. The fraction of sp³-hybridized carbons (Fsp3) is 0.188. The van der Waals surface area contributed by atoms with Gasteiger partial charge in [0.25, 0.3) is 0 Å². The van der Waals surface area contributed by atoms with E-state index < -0.39 is 0 Å². The molecule has 0 unspecified atom stereocenters. The highest BCUT2D eigenvalue weighted by molar-refractivity contribution is 5.93. The van der Waals surface area contributed by atoms with E-state index in [1.54, 1.807) is 7.11 Å². The van der Waals surface area contributed by atoms with Crippen LogP contribution >= 0.6 is 0 Å². The van der Waals surface area contributed by atoms with Crippen molar-refractivity contribution < 1.29 is 9.53 Å². The van der Waals surface area contributed by atoms with Crippen LogP contribution in [0, 0.1) is 0 Å². The van der Waals surface area contributed by atoms with Crippen molar-refractivity contribution in [3.05, 3.63) is 59.7 Å². The van der Waals surface area contributed by atoms with E-state index >= 15 is 0 Å². The average molecular weight is 270 g/mol. The maximum Gasteiger partial charge on any atom is 0.228 e. The first-order valence-corrected chi connectivity index (χ1v) is 6.43. The summed E-state index contributed by atoms with van der Waals surface area (Å²) in [7, 11) is 1.57. The normalized spacial score (nSPS) is 10.1. The number of hydrogen-bond donors (Lipinski definition) is 2. The van der Waals surface area contributed by atoms with Gasteiger partial charge >= 0.3 is 0 Å². The van der Waals surface area contributed by atoms with Crippen LogP contribution in [0.25, 0.3) is 0 Å². The maximum atomic E-state index is 12.0. The first kappa shape index (κ1) is 14.1. The topological polar surface area (TPSA) is 64.3 Å². The molecule has 0 aromatic heterocycles. The van der Waals surface area contributed by atoms with Gasteiger partial charge < -0.3 is 15.8 Å². The zero-order valence-electron chi connectivity index (χ0n) is 11.4. The molecule has 20 heavy (non-hydrogen) atoms. The monoisotopic (exact) mass is 270 g/mol. The molecular formula is C16H18N2O2. The molecule has 0 radical (unpaired) electrons. The number of nitrogens with one attached hydrogen (secondary N) is 1. The summed E-state index contributed by atoms with van der Waals surface area (Å²) in [5.74, 6) is 0.546. The third kappa shape index (κ3) is 3.59. The molecule has 0 heterocycles. The van der Waals surface area contributed by atoms with Gasteiger partial charge in [0.15, 0.2) is 0 Å². The lowest BCUT2D eigenvalue weighted by Crippen LogP contribution is -2.15. The average Bonchev–Trinajstić information content (AvgIpc) is 2.48. The Morgan fingerprint density at radius 3 is 2.55 bits per heavy atom. The second-order valence-corrected chi connectivity index (χ2v) is 4.45. The molecule has 104 valence electrons. The number of benzene rings is 2. The van der Waals surface area contributed by atoms with Crippen molar-refractivity contribution in [2.75, 3.05) is 12.4 Å². The van der Waals surface area contributed by atoms with E-state index in [4.69, 9.17) is 10.5 Å². The number of hydrogen-bond acceptors (Lipinski definition) is 3. The Morgan fingerprint density at radius 1 is 1.15 bits per heavy atom. The van der Waals surface area contributed by atoms with Crippen LogP contribution in [0.1, 0.15) is 11.1 Å². The van der Waals surface area contributed by atoms with E-state index in [1.165, 1.54) is 0 Å². The van der Waals surface area contributed by atoms with Crippen molar-refractivity contribution in [2.24, 2.45) is 5.73 Å². The number of nitrogens with two attached hydrogens (primary N) is 1. The van der Waals surface area contributed by atoms with Crippen LogP contribution in [-0.4, -0.2) is 13.0 Å². The Balaban J connectivity index is 2.07. The van der Waals surface area contributed by atoms with Crippen molar-refractivity contribution in [1.82, 2.24) is 0 Å². The Labute approximate surface area is 118 Å². The Bertz CT molecular complexity index is 582. The van der Waals surface area contributed by atoms with Gasteiger partial charge in [-0.25, -0.2) is 0 Å².